The molecule has 0 aliphatic carbocycles. The molecular weight excluding hydrogens is 262 g/mol. The quantitative estimate of drug-likeness (QED) is 0.913. The van der Waals surface area contributed by atoms with Crippen LogP contribution in [0.5, 0.6) is 5.88 Å². The number of nitrogens with one attached hydrogen (secondary N) is 1. The third-order valence-corrected chi connectivity index (χ3v) is 3.78. The van der Waals surface area contributed by atoms with Crippen LogP contribution in [0.15, 0.2) is 18.3 Å². The van der Waals surface area contributed by atoms with Crippen molar-refractivity contribution in [3.63, 3.8) is 0 Å². The number of amides is 2. The van der Waals surface area contributed by atoms with Crippen molar-refractivity contribution < 1.29 is 9.53 Å². The van der Waals surface area contributed by atoms with Gasteiger partial charge < -0.3 is 15.0 Å². The van der Waals surface area contributed by atoms with Crippen molar-refractivity contribution in [1.82, 2.24) is 15.2 Å². The fourth-order valence-corrected chi connectivity index (χ4v) is 2.75. The maximum absolute atomic E-state index is 11.9. The lowest BCUT2D eigenvalue weighted by Gasteiger charge is -2.26. The molecule has 1 saturated heterocycles. The summed E-state index contributed by atoms with van der Waals surface area (Å²) in [6.45, 7) is 4.68. The van der Waals surface area contributed by atoms with Crippen LogP contribution in [-0.2, 0) is 6.54 Å². The fourth-order valence-electron chi connectivity index (χ4n) is 1.84. The van der Waals surface area contributed by atoms with Gasteiger partial charge in [0.1, 0.15) is 0 Å². The van der Waals surface area contributed by atoms with E-state index in [1.165, 1.54) is 0 Å². The molecule has 104 valence electrons. The minimum Gasteiger partial charge on any atom is -0.478 e. The minimum atomic E-state index is 0.00933. The highest BCUT2D eigenvalue weighted by molar-refractivity contribution is 7.99. The average Bonchev–Trinajstić information content (AvgIpc) is 2.46. The molecule has 1 aromatic heterocycles. The number of pyridine rings is 1. The molecule has 0 aromatic carbocycles. The van der Waals surface area contributed by atoms with Gasteiger partial charge in [0.05, 0.1) is 6.61 Å². The summed E-state index contributed by atoms with van der Waals surface area (Å²) in [5.74, 6) is 2.65. The summed E-state index contributed by atoms with van der Waals surface area (Å²) in [6, 6.07) is 3.75. The molecule has 0 atom stereocenters. The largest absolute Gasteiger partial charge is 0.478 e. The highest BCUT2D eigenvalue weighted by Crippen LogP contribution is 2.11. The van der Waals surface area contributed by atoms with E-state index in [2.05, 4.69) is 10.3 Å². The monoisotopic (exact) mass is 281 g/mol. The highest BCUT2D eigenvalue weighted by atomic mass is 32.2. The number of aromatic nitrogens is 1. The van der Waals surface area contributed by atoms with Crippen LogP contribution in [0.2, 0.25) is 0 Å². The van der Waals surface area contributed by atoms with E-state index < -0.39 is 0 Å². The van der Waals surface area contributed by atoms with Gasteiger partial charge in [-0.15, -0.1) is 0 Å². The van der Waals surface area contributed by atoms with E-state index in [1.807, 2.05) is 35.7 Å². The molecule has 1 aromatic rings. The van der Waals surface area contributed by atoms with Crippen LogP contribution in [0.4, 0.5) is 4.79 Å². The molecule has 1 fully saturated rings. The van der Waals surface area contributed by atoms with E-state index >= 15 is 0 Å². The SMILES string of the molecule is CCOc1cc(CNC(=O)N2CCSCC2)ccn1. The maximum atomic E-state index is 11.9. The Bertz CT molecular complexity index is 422. The van der Waals surface area contributed by atoms with Gasteiger partial charge in [0.25, 0.3) is 0 Å². The van der Waals surface area contributed by atoms with Crippen LogP contribution in [0.3, 0.4) is 0 Å². The Morgan fingerprint density at radius 3 is 3.05 bits per heavy atom. The van der Waals surface area contributed by atoms with Crippen molar-refractivity contribution in [3.05, 3.63) is 23.9 Å². The number of nitrogens with zero attached hydrogens (tertiary/aromatic N) is 2. The van der Waals surface area contributed by atoms with Crippen molar-refractivity contribution in [2.24, 2.45) is 0 Å². The lowest BCUT2D eigenvalue weighted by Crippen LogP contribution is -2.44. The minimum absolute atomic E-state index is 0.00933. The molecule has 0 saturated carbocycles. The van der Waals surface area contributed by atoms with Gasteiger partial charge >= 0.3 is 6.03 Å². The lowest BCUT2D eigenvalue weighted by molar-refractivity contribution is 0.202. The van der Waals surface area contributed by atoms with Gasteiger partial charge in [-0.05, 0) is 18.6 Å². The van der Waals surface area contributed by atoms with Gasteiger partial charge in [-0.3, -0.25) is 0 Å². The number of hydrogen-bond acceptors (Lipinski definition) is 4. The summed E-state index contributed by atoms with van der Waals surface area (Å²) in [5, 5.41) is 2.93. The standard InChI is InChI=1S/C13H19N3O2S/c1-2-18-12-9-11(3-4-14-12)10-15-13(17)16-5-7-19-8-6-16/h3-4,9H,2,5-8,10H2,1H3,(H,15,17). The third-order valence-electron chi connectivity index (χ3n) is 2.83. The van der Waals surface area contributed by atoms with Crippen molar-refractivity contribution in [3.8, 4) is 5.88 Å². The number of carbonyl (C=O) groups is 1. The summed E-state index contributed by atoms with van der Waals surface area (Å²) in [5.41, 5.74) is 0.998. The molecule has 6 heteroatoms. The smallest absolute Gasteiger partial charge is 0.317 e. The van der Waals surface area contributed by atoms with Gasteiger partial charge in [-0.25, -0.2) is 9.78 Å². The lowest BCUT2D eigenvalue weighted by atomic mass is 10.2. The summed E-state index contributed by atoms with van der Waals surface area (Å²) in [4.78, 5) is 17.9. The topological polar surface area (TPSA) is 54.5 Å². The van der Waals surface area contributed by atoms with Crippen LogP contribution in [0, 0.1) is 0 Å². The van der Waals surface area contributed by atoms with E-state index in [4.69, 9.17) is 4.74 Å². The number of urea groups is 1. The van der Waals surface area contributed by atoms with E-state index in [1.54, 1.807) is 6.20 Å². The first kappa shape index (κ1) is 14.0. The normalized spacial score (nSPS) is 15.1. The molecule has 0 bridgehead atoms. The van der Waals surface area contributed by atoms with Crippen LogP contribution in [-0.4, -0.2) is 47.1 Å². The first-order chi connectivity index (χ1) is 9.29. The van der Waals surface area contributed by atoms with Gasteiger partial charge in [0.15, 0.2) is 0 Å². The van der Waals surface area contributed by atoms with Crippen molar-refractivity contribution >= 4 is 17.8 Å². The zero-order valence-electron chi connectivity index (χ0n) is 11.1. The number of rotatable bonds is 4. The Kier molecular flexibility index (Phi) is 5.32. The summed E-state index contributed by atoms with van der Waals surface area (Å²) in [6.07, 6.45) is 1.70. The zero-order valence-corrected chi connectivity index (χ0v) is 11.9. The van der Waals surface area contributed by atoms with Gasteiger partial charge in [-0.1, -0.05) is 0 Å². The Labute approximate surface area is 117 Å². The van der Waals surface area contributed by atoms with E-state index in [0.717, 1.165) is 30.2 Å². The number of ether oxygens (including phenoxy) is 1. The summed E-state index contributed by atoms with van der Waals surface area (Å²) >= 11 is 1.89. The van der Waals surface area contributed by atoms with Gasteiger partial charge in [-0.2, -0.15) is 11.8 Å². The second-order valence-corrected chi connectivity index (χ2v) is 5.42. The van der Waals surface area contributed by atoms with Crippen LogP contribution < -0.4 is 10.1 Å². The predicted octanol–water partition coefficient (Wildman–Crippen LogP) is 1.74. The average molecular weight is 281 g/mol. The van der Waals surface area contributed by atoms with Crippen molar-refractivity contribution in [2.45, 2.75) is 13.5 Å². The fraction of sp³-hybridized carbons (Fsp3) is 0.538. The molecule has 2 heterocycles. The Morgan fingerprint density at radius 1 is 1.53 bits per heavy atom. The molecule has 1 aliphatic rings. The number of thioether (sulfide) groups is 1. The third kappa shape index (κ3) is 4.31. The number of hydrogen-bond donors (Lipinski definition) is 1. The Morgan fingerprint density at radius 2 is 2.32 bits per heavy atom. The molecule has 5 nitrogen and oxygen atoms in total. The van der Waals surface area contributed by atoms with Crippen molar-refractivity contribution in [2.75, 3.05) is 31.2 Å². The van der Waals surface area contributed by atoms with E-state index in [-0.39, 0.29) is 6.03 Å². The highest BCUT2D eigenvalue weighted by Gasteiger charge is 2.15. The first-order valence-corrected chi connectivity index (χ1v) is 7.63. The molecule has 0 unspecified atom stereocenters. The van der Waals surface area contributed by atoms with Gasteiger partial charge in [0.2, 0.25) is 5.88 Å². The van der Waals surface area contributed by atoms with Crippen molar-refractivity contribution in [1.29, 1.82) is 0 Å². The second-order valence-electron chi connectivity index (χ2n) is 4.19. The van der Waals surface area contributed by atoms with Crippen LogP contribution in [0.25, 0.3) is 0 Å². The van der Waals surface area contributed by atoms with Crippen LogP contribution >= 0.6 is 11.8 Å². The first-order valence-electron chi connectivity index (χ1n) is 6.48. The number of carbonyl (C=O) groups excluding carboxylic acids is 1. The van der Waals surface area contributed by atoms with E-state index in [9.17, 15) is 4.79 Å². The summed E-state index contributed by atoms with van der Waals surface area (Å²) < 4.78 is 5.33. The van der Waals surface area contributed by atoms with Crippen LogP contribution in [0.1, 0.15) is 12.5 Å². The predicted molar refractivity (Wildman–Crippen MR) is 76.5 cm³/mol. The molecule has 2 amide bonds. The molecule has 19 heavy (non-hydrogen) atoms. The molecular formula is C13H19N3O2S. The molecule has 2 rings (SSSR count). The Balaban J connectivity index is 1.83. The molecule has 1 N–H and O–H groups in total. The molecule has 1 aliphatic heterocycles. The van der Waals surface area contributed by atoms with E-state index in [0.29, 0.717) is 19.0 Å². The molecule has 0 spiro atoms. The maximum Gasteiger partial charge on any atom is 0.317 e. The Hall–Kier alpha value is -1.43. The molecule has 0 radical (unpaired) electrons. The van der Waals surface area contributed by atoms with Gasteiger partial charge in [0, 0.05) is 43.4 Å². The second kappa shape index (κ2) is 7.23. The zero-order chi connectivity index (χ0) is 13.5. The summed E-state index contributed by atoms with van der Waals surface area (Å²) in [7, 11) is 0.